The molecule has 0 radical (unpaired) electrons. The van der Waals surface area contributed by atoms with Gasteiger partial charge in [0.25, 0.3) is 0 Å². The Kier molecular flexibility index (Phi) is 3.24. The summed E-state index contributed by atoms with van der Waals surface area (Å²) in [5, 5.41) is 6.67. The van der Waals surface area contributed by atoms with Crippen LogP contribution in [0, 0.1) is 13.8 Å². The maximum atomic E-state index is 5.82. The van der Waals surface area contributed by atoms with Crippen LogP contribution in [0.1, 0.15) is 24.1 Å². The van der Waals surface area contributed by atoms with Crippen LogP contribution >= 0.6 is 0 Å². The molecule has 0 unspecified atom stereocenters. The molecule has 1 aromatic heterocycles. The van der Waals surface area contributed by atoms with Crippen molar-refractivity contribution in [2.24, 2.45) is 0 Å². The molecule has 0 spiro atoms. The zero-order chi connectivity index (χ0) is 11.5. The van der Waals surface area contributed by atoms with E-state index < -0.39 is 0 Å². The summed E-state index contributed by atoms with van der Waals surface area (Å²) >= 11 is 0. The van der Waals surface area contributed by atoms with Crippen molar-refractivity contribution in [3.05, 3.63) is 11.3 Å². The molecule has 0 aliphatic carbocycles. The van der Waals surface area contributed by atoms with Gasteiger partial charge in [-0.3, -0.25) is 0 Å². The van der Waals surface area contributed by atoms with Crippen molar-refractivity contribution in [3.8, 4) is 0 Å². The summed E-state index contributed by atoms with van der Waals surface area (Å²) in [4.78, 5) is 8.67. The Morgan fingerprint density at radius 1 is 1.25 bits per heavy atom. The molecule has 2 rings (SSSR count). The summed E-state index contributed by atoms with van der Waals surface area (Å²) in [5.74, 6) is 1.23. The van der Waals surface area contributed by atoms with Crippen LogP contribution in [0.3, 0.4) is 0 Å². The third-order valence-corrected chi connectivity index (χ3v) is 3.10. The molecule has 0 amide bonds. The number of anilines is 2. The standard InChI is InChI=1S/C11H19N5/c1-7-8(2)14-11(16-10(7)12)15-9-3-5-13-6-4-9/h9,13H,3-6H2,1-2H3,(H3,12,14,15,16). The Morgan fingerprint density at radius 3 is 2.56 bits per heavy atom. The second kappa shape index (κ2) is 4.65. The SMILES string of the molecule is Cc1nc(NC2CCNCC2)nc(N)c1C. The number of nitrogens with two attached hydrogens (primary N) is 1. The smallest absolute Gasteiger partial charge is 0.225 e. The van der Waals surface area contributed by atoms with Gasteiger partial charge in [-0.15, -0.1) is 0 Å². The average molecular weight is 221 g/mol. The van der Waals surface area contributed by atoms with Gasteiger partial charge in [-0.2, -0.15) is 4.98 Å². The van der Waals surface area contributed by atoms with E-state index >= 15 is 0 Å². The molecule has 1 saturated heterocycles. The van der Waals surface area contributed by atoms with Crippen LogP contribution in [0.25, 0.3) is 0 Å². The molecule has 5 nitrogen and oxygen atoms in total. The number of rotatable bonds is 2. The summed E-state index contributed by atoms with van der Waals surface area (Å²) < 4.78 is 0. The van der Waals surface area contributed by atoms with Gasteiger partial charge in [0.2, 0.25) is 5.95 Å². The highest BCUT2D eigenvalue weighted by atomic mass is 15.1. The summed E-state index contributed by atoms with van der Waals surface area (Å²) in [6, 6.07) is 0.461. The largest absolute Gasteiger partial charge is 0.383 e. The molecule has 4 N–H and O–H groups in total. The zero-order valence-corrected chi connectivity index (χ0v) is 9.88. The van der Waals surface area contributed by atoms with Gasteiger partial charge in [0.15, 0.2) is 0 Å². The monoisotopic (exact) mass is 221 g/mol. The summed E-state index contributed by atoms with van der Waals surface area (Å²) in [7, 11) is 0. The minimum Gasteiger partial charge on any atom is -0.383 e. The van der Waals surface area contributed by atoms with Gasteiger partial charge in [-0.1, -0.05) is 0 Å². The lowest BCUT2D eigenvalue weighted by molar-refractivity contribution is 0.477. The Morgan fingerprint density at radius 2 is 1.94 bits per heavy atom. The number of nitrogen functional groups attached to an aromatic ring is 1. The summed E-state index contributed by atoms with van der Waals surface area (Å²) in [6.45, 7) is 6.01. The van der Waals surface area contributed by atoms with Crippen molar-refractivity contribution in [3.63, 3.8) is 0 Å². The van der Waals surface area contributed by atoms with Crippen LogP contribution in [0.2, 0.25) is 0 Å². The van der Waals surface area contributed by atoms with Crippen molar-refractivity contribution in [1.29, 1.82) is 0 Å². The highest BCUT2D eigenvalue weighted by molar-refractivity contribution is 5.46. The number of nitrogens with zero attached hydrogens (tertiary/aromatic N) is 2. The van der Waals surface area contributed by atoms with E-state index in [1.54, 1.807) is 0 Å². The van der Waals surface area contributed by atoms with Crippen molar-refractivity contribution in [2.45, 2.75) is 32.7 Å². The van der Waals surface area contributed by atoms with E-state index in [4.69, 9.17) is 5.73 Å². The first-order chi connectivity index (χ1) is 7.66. The van der Waals surface area contributed by atoms with E-state index in [0.717, 1.165) is 37.2 Å². The van der Waals surface area contributed by atoms with E-state index in [0.29, 0.717) is 17.8 Å². The maximum Gasteiger partial charge on any atom is 0.225 e. The first-order valence-electron chi connectivity index (χ1n) is 5.75. The molecule has 0 saturated carbocycles. The van der Waals surface area contributed by atoms with Crippen molar-refractivity contribution in [2.75, 3.05) is 24.1 Å². The fraction of sp³-hybridized carbons (Fsp3) is 0.636. The average Bonchev–Trinajstić information content (AvgIpc) is 2.27. The van der Waals surface area contributed by atoms with E-state index in [1.165, 1.54) is 0 Å². The Labute approximate surface area is 95.9 Å². The van der Waals surface area contributed by atoms with Gasteiger partial charge in [-0.25, -0.2) is 4.98 Å². The van der Waals surface area contributed by atoms with Crippen LogP contribution in [-0.2, 0) is 0 Å². The van der Waals surface area contributed by atoms with E-state index in [2.05, 4.69) is 20.6 Å². The number of aromatic nitrogens is 2. The van der Waals surface area contributed by atoms with Crippen molar-refractivity contribution in [1.82, 2.24) is 15.3 Å². The van der Waals surface area contributed by atoms with Crippen LogP contribution in [0.4, 0.5) is 11.8 Å². The minimum atomic E-state index is 0.461. The lowest BCUT2D eigenvalue weighted by Crippen LogP contribution is -2.35. The third kappa shape index (κ3) is 2.41. The molecule has 0 bridgehead atoms. The lowest BCUT2D eigenvalue weighted by Gasteiger charge is -2.23. The highest BCUT2D eigenvalue weighted by Crippen LogP contribution is 2.15. The van der Waals surface area contributed by atoms with E-state index in [1.807, 2.05) is 13.8 Å². The molecule has 88 valence electrons. The quantitative estimate of drug-likeness (QED) is 0.690. The van der Waals surface area contributed by atoms with Crippen molar-refractivity contribution < 1.29 is 0 Å². The van der Waals surface area contributed by atoms with Crippen LogP contribution in [0.15, 0.2) is 0 Å². The van der Waals surface area contributed by atoms with Gasteiger partial charge < -0.3 is 16.4 Å². The molecule has 16 heavy (non-hydrogen) atoms. The molecular formula is C11H19N5. The van der Waals surface area contributed by atoms with Crippen LogP contribution < -0.4 is 16.4 Å². The predicted octanol–water partition coefficient (Wildman–Crippen LogP) is 0.840. The lowest BCUT2D eigenvalue weighted by atomic mass is 10.1. The third-order valence-electron chi connectivity index (χ3n) is 3.10. The molecule has 0 atom stereocenters. The topological polar surface area (TPSA) is 75.9 Å². The first kappa shape index (κ1) is 11.1. The fourth-order valence-corrected chi connectivity index (χ4v) is 1.86. The number of hydrogen-bond acceptors (Lipinski definition) is 5. The summed E-state index contributed by atoms with van der Waals surface area (Å²) in [6.07, 6.45) is 2.21. The molecule has 2 heterocycles. The Bertz CT molecular complexity index is 348. The number of nitrogens with one attached hydrogen (secondary N) is 2. The molecule has 1 aromatic rings. The van der Waals surface area contributed by atoms with Crippen LogP contribution in [-0.4, -0.2) is 29.1 Å². The first-order valence-corrected chi connectivity index (χ1v) is 5.75. The van der Waals surface area contributed by atoms with Gasteiger partial charge >= 0.3 is 0 Å². The number of hydrogen-bond donors (Lipinski definition) is 3. The number of aryl methyl sites for hydroxylation is 1. The van der Waals surface area contributed by atoms with Gasteiger partial charge in [-0.05, 0) is 39.8 Å². The predicted molar refractivity (Wildman–Crippen MR) is 65.4 cm³/mol. The highest BCUT2D eigenvalue weighted by Gasteiger charge is 2.14. The molecule has 1 fully saturated rings. The van der Waals surface area contributed by atoms with E-state index in [9.17, 15) is 0 Å². The number of piperidine rings is 1. The van der Waals surface area contributed by atoms with Crippen molar-refractivity contribution >= 4 is 11.8 Å². The zero-order valence-electron chi connectivity index (χ0n) is 9.88. The Balaban J connectivity index is 2.09. The Hall–Kier alpha value is -1.36. The molecule has 5 heteroatoms. The maximum absolute atomic E-state index is 5.82. The molecule has 1 aliphatic rings. The van der Waals surface area contributed by atoms with E-state index in [-0.39, 0.29) is 0 Å². The normalized spacial score (nSPS) is 17.4. The van der Waals surface area contributed by atoms with Crippen LogP contribution in [0.5, 0.6) is 0 Å². The van der Waals surface area contributed by atoms with Gasteiger partial charge in [0.1, 0.15) is 5.82 Å². The second-order valence-corrected chi connectivity index (χ2v) is 4.31. The molecule has 1 aliphatic heterocycles. The fourth-order valence-electron chi connectivity index (χ4n) is 1.86. The molecule has 0 aromatic carbocycles. The summed E-state index contributed by atoms with van der Waals surface area (Å²) in [5.41, 5.74) is 7.74. The van der Waals surface area contributed by atoms with Gasteiger partial charge in [0, 0.05) is 17.3 Å². The second-order valence-electron chi connectivity index (χ2n) is 4.31. The van der Waals surface area contributed by atoms with Gasteiger partial charge in [0.05, 0.1) is 0 Å². The molecular weight excluding hydrogens is 202 g/mol. The minimum absolute atomic E-state index is 0.461.